The van der Waals surface area contributed by atoms with E-state index in [0.717, 1.165) is 5.56 Å². The SMILES string of the molecule is CN(C)Cc1c(O)cc(O)c2c1OC(c1ccccc1)CC2=O. The number of aromatic hydroxyl groups is 2. The van der Waals surface area contributed by atoms with Crippen molar-refractivity contribution in [3.63, 3.8) is 0 Å². The molecule has 0 aromatic heterocycles. The third-order valence-electron chi connectivity index (χ3n) is 3.90. The van der Waals surface area contributed by atoms with Gasteiger partial charge in [-0.2, -0.15) is 0 Å². The number of benzene rings is 2. The fourth-order valence-electron chi connectivity index (χ4n) is 2.85. The van der Waals surface area contributed by atoms with E-state index in [0.29, 0.717) is 12.1 Å². The highest BCUT2D eigenvalue weighted by atomic mass is 16.5. The Hall–Kier alpha value is -2.53. The number of phenolic OH excluding ortho intramolecular Hbond substituents is 2. The van der Waals surface area contributed by atoms with Crippen molar-refractivity contribution < 1.29 is 19.7 Å². The highest BCUT2D eigenvalue weighted by Gasteiger charge is 2.33. The Morgan fingerprint density at radius 1 is 1.17 bits per heavy atom. The average Bonchev–Trinajstić information content (AvgIpc) is 2.51. The van der Waals surface area contributed by atoms with Crippen LogP contribution in [0.3, 0.4) is 0 Å². The summed E-state index contributed by atoms with van der Waals surface area (Å²) in [5.74, 6) is -0.216. The van der Waals surface area contributed by atoms with Crippen molar-refractivity contribution in [2.45, 2.75) is 19.1 Å². The normalized spacial score (nSPS) is 17.0. The Labute approximate surface area is 134 Å². The van der Waals surface area contributed by atoms with Crippen LogP contribution in [-0.4, -0.2) is 35.0 Å². The summed E-state index contributed by atoms with van der Waals surface area (Å²) in [4.78, 5) is 14.4. The highest BCUT2D eigenvalue weighted by molar-refractivity contribution is 6.03. The van der Waals surface area contributed by atoms with Gasteiger partial charge in [-0.25, -0.2) is 0 Å². The molecule has 1 heterocycles. The number of ketones is 1. The number of fused-ring (bicyclic) bond motifs is 1. The molecule has 3 rings (SSSR count). The van der Waals surface area contributed by atoms with Crippen molar-refractivity contribution in [2.24, 2.45) is 0 Å². The molecule has 0 amide bonds. The number of hydrogen-bond donors (Lipinski definition) is 2. The maximum atomic E-state index is 12.5. The molecule has 5 nitrogen and oxygen atoms in total. The van der Waals surface area contributed by atoms with Gasteiger partial charge in [-0.15, -0.1) is 0 Å². The number of nitrogens with zero attached hydrogens (tertiary/aromatic N) is 1. The Balaban J connectivity index is 2.09. The molecule has 2 N–H and O–H groups in total. The van der Waals surface area contributed by atoms with Crippen molar-refractivity contribution in [3.05, 3.63) is 53.1 Å². The van der Waals surface area contributed by atoms with Gasteiger partial charge >= 0.3 is 0 Å². The van der Waals surface area contributed by atoms with E-state index < -0.39 is 6.10 Å². The first-order valence-corrected chi connectivity index (χ1v) is 7.44. The van der Waals surface area contributed by atoms with E-state index in [1.165, 1.54) is 6.07 Å². The van der Waals surface area contributed by atoms with E-state index in [1.807, 2.05) is 49.3 Å². The van der Waals surface area contributed by atoms with Crippen LogP contribution in [0.25, 0.3) is 0 Å². The van der Waals surface area contributed by atoms with Crippen LogP contribution < -0.4 is 4.74 Å². The molecule has 2 aromatic rings. The molecule has 1 atom stereocenters. The summed E-state index contributed by atoms with van der Waals surface area (Å²) in [6, 6.07) is 10.7. The number of carbonyl (C=O) groups is 1. The molecule has 0 saturated carbocycles. The molecule has 0 saturated heterocycles. The van der Waals surface area contributed by atoms with E-state index in [-0.39, 0.29) is 35.0 Å². The maximum absolute atomic E-state index is 12.5. The van der Waals surface area contributed by atoms with Crippen molar-refractivity contribution in [3.8, 4) is 17.2 Å². The molecule has 2 aromatic carbocycles. The second kappa shape index (κ2) is 5.93. The molecule has 0 aliphatic carbocycles. The zero-order chi connectivity index (χ0) is 16.6. The monoisotopic (exact) mass is 313 g/mol. The van der Waals surface area contributed by atoms with Crippen LogP contribution in [0, 0.1) is 0 Å². The molecule has 23 heavy (non-hydrogen) atoms. The zero-order valence-electron chi connectivity index (χ0n) is 13.1. The number of hydrogen-bond acceptors (Lipinski definition) is 5. The lowest BCUT2D eigenvalue weighted by molar-refractivity contribution is 0.0840. The van der Waals surface area contributed by atoms with E-state index >= 15 is 0 Å². The fraction of sp³-hybridized carbons (Fsp3) is 0.278. The van der Waals surface area contributed by atoms with E-state index in [2.05, 4.69) is 0 Å². The zero-order valence-corrected chi connectivity index (χ0v) is 13.1. The van der Waals surface area contributed by atoms with Gasteiger partial charge in [0.1, 0.15) is 28.9 Å². The van der Waals surface area contributed by atoms with Crippen LogP contribution in [0.2, 0.25) is 0 Å². The van der Waals surface area contributed by atoms with Crippen LogP contribution in [0.1, 0.15) is 34.0 Å². The van der Waals surface area contributed by atoms with E-state index in [9.17, 15) is 15.0 Å². The minimum atomic E-state index is -0.418. The summed E-state index contributed by atoms with van der Waals surface area (Å²) >= 11 is 0. The number of phenols is 2. The van der Waals surface area contributed by atoms with Gasteiger partial charge in [-0.05, 0) is 19.7 Å². The highest BCUT2D eigenvalue weighted by Crippen LogP contribution is 2.45. The van der Waals surface area contributed by atoms with Crippen molar-refractivity contribution >= 4 is 5.78 Å². The third kappa shape index (κ3) is 2.87. The van der Waals surface area contributed by atoms with Crippen molar-refractivity contribution in [1.29, 1.82) is 0 Å². The van der Waals surface area contributed by atoms with E-state index in [4.69, 9.17) is 4.74 Å². The van der Waals surface area contributed by atoms with Crippen LogP contribution in [0.15, 0.2) is 36.4 Å². The lowest BCUT2D eigenvalue weighted by atomic mass is 9.93. The lowest BCUT2D eigenvalue weighted by Crippen LogP contribution is -2.23. The standard InChI is InChI=1S/C18H19NO4/c1-19(2)10-12-13(20)8-14(21)17-15(22)9-16(23-18(12)17)11-6-4-3-5-7-11/h3-8,16,20-21H,9-10H2,1-2H3. The molecule has 5 heteroatoms. The summed E-state index contributed by atoms with van der Waals surface area (Å²) < 4.78 is 6.01. The van der Waals surface area contributed by atoms with Gasteiger partial charge in [0.15, 0.2) is 5.78 Å². The van der Waals surface area contributed by atoms with Gasteiger partial charge < -0.3 is 19.8 Å². The van der Waals surface area contributed by atoms with E-state index in [1.54, 1.807) is 0 Å². The van der Waals surface area contributed by atoms with Crippen LogP contribution >= 0.6 is 0 Å². The molecular formula is C18H19NO4. The van der Waals surface area contributed by atoms with Gasteiger partial charge in [-0.3, -0.25) is 4.79 Å². The number of rotatable bonds is 3. The van der Waals surface area contributed by atoms with Crippen LogP contribution in [0.4, 0.5) is 0 Å². The predicted octanol–water partition coefficient (Wildman–Crippen LogP) is 2.87. The first kappa shape index (κ1) is 15.4. The molecular weight excluding hydrogens is 294 g/mol. The predicted molar refractivity (Wildman–Crippen MR) is 85.9 cm³/mol. The molecule has 0 spiro atoms. The first-order valence-electron chi connectivity index (χ1n) is 7.44. The molecule has 0 fully saturated rings. The summed E-state index contributed by atoms with van der Waals surface area (Å²) in [7, 11) is 3.72. The molecule has 0 bridgehead atoms. The average molecular weight is 313 g/mol. The van der Waals surface area contributed by atoms with Crippen LogP contribution in [-0.2, 0) is 6.54 Å². The minimum absolute atomic E-state index is 0.0727. The topological polar surface area (TPSA) is 70.0 Å². The Kier molecular flexibility index (Phi) is 3.96. The quantitative estimate of drug-likeness (QED) is 0.912. The van der Waals surface area contributed by atoms with Crippen molar-refractivity contribution in [1.82, 2.24) is 4.90 Å². The smallest absolute Gasteiger partial charge is 0.174 e. The summed E-state index contributed by atoms with van der Waals surface area (Å²) in [5, 5.41) is 20.2. The number of carbonyl (C=O) groups excluding carboxylic acids is 1. The molecule has 1 aliphatic rings. The Morgan fingerprint density at radius 3 is 2.52 bits per heavy atom. The largest absolute Gasteiger partial charge is 0.507 e. The van der Waals surface area contributed by atoms with Gasteiger partial charge in [0.05, 0.1) is 12.0 Å². The maximum Gasteiger partial charge on any atom is 0.174 e. The molecule has 120 valence electrons. The number of ether oxygens (including phenoxy) is 1. The van der Waals surface area contributed by atoms with Gasteiger partial charge in [0, 0.05) is 12.6 Å². The molecule has 1 unspecified atom stereocenters. The second-order valence-corrected chi connectivity index (χ2v) is 5.98. The third-order valence-corrected chi connectivity index (χ3v) is 3.90. The Morgan fingerprint density at radius 2 is 1.87 bits per heavy atom. The Bertz CT molecular complexity index is 740. The van der Waals surface area contributed by atoms with Crippen LogP contribution in [0.5, 0.6) is 17.2 Å². The fourth-order valence-corrected chi connectivity index (χ4v) is 2.85. The molecule has 1 aliphatic heterocycles. The van der Waals surface area contributed by atoms with Crippen molar-refractivity contribution in [2.75, 3.05) is 14.1 Å². The first-order chi connectivity index (χ1) is 11.0. The summed E-state index contributed by atoms with van der Waals surface area (Å²) in [6.07, 6.45) is -0.255. The van der Waals surface area contributed by atoms with Gasteiger partial charge in [-0.1, -0.05) is 30.3 Å². The second-order valence-electron chi connectivity index (χ2n) is 5.98. The molecule has 0 radical (unpaired) electrons. The van der Waals surface area contributed by atoms with Gasteiger partial charge in [0.25, 0.3) is 0 Å². The number of Topliss-reactive ketones (excluding diaryl/α,β-unsaturated/α-hetero) is 1. The minimum Gasteiger partial charge on any atom is -0.507 e. The summed E-state index contributed by atoms with van der Waals surface area (Å²) in [6.45, 7) is 0.406. The summed E-state index contributed by atoms with van der Waals surface area (Å²) in [5.41, 5.74) is 1.56. The lowest BCUT2D eigenvalue weighted by Gasteiger charge is -2.29. The van der Waals surface area contributed by atoms with Gasteiger partial charge in [0.2, 0.25) is 0 Å².